The first-order valence-corrected chi connectivity index (χ1v) is 6.52. The molecule has 0 aromatic heterocycles. The smallest absolute Gasteiger partial charge is 0.000740 e. The monoisotopic (exact) mass is 234 g/mol. The highest BCUT2D eigenvalue weighted by Crippen LogP contribution is 2.39. The van der Waals surface area contributed by atoms with Crippen molar-refractivity contribution in [3.8, 4) is 11.1 Å². The molecule has 0 aliphatic heterocycles. The molecule has 2 aromatic rings. The van der Waals surface area contributed by atoms with Crippen LogP contribution in [0, 0.1) is 6.92 Å². The second-order valence-electron chi connectivity index (χ2n) is 5.38. The first kappa shape index (κ1) is 11.3. The van der Waals surface area contributed by atoms with Gasteiger partial charge in [-0.2, -0.15) is 0 Å². The molecule has 0 radical (unpaired) electrons. The van der Waals surface area contributed by atoms with Gasteiger partial charge in [0.15, 0.2) is 0 Å². The van der Waals surface area contributed by atoms with Crippen molar-refractivity contribution in [2.24, 2.45) is 0 Å². The number of benzene rings is 2. The molecule has 0 N–H and O–H groups in total. The Morgan fingerprint density at radius 3 is 2.56 bits per heavy atom. The van der Waals surface area contributed by atoms with Crippen molar-refractivity contribution in [1.82, 2.24) is 0 Å². The third-order valence-electron chi connectivity index (χ3n) is 3.68. The van der Waals surface area contributed by atoms with Crippen LogP contribution in [0.5, 0.6) is 0 Å². The van der Waals surface area contributed by atoms with E-state index in [-0.39, 0.29) is 0 Å². The van der Waals surface area contributed by atoms with Gasteiger partial charge in [0.2, 0.25) is 0 Å². The largest absolute Gasteiger partial charge is 0.0758 e. The molecule has 0 nitrogen and oxygen atoms in total. The number of rotatable bonds is 1. The summed E-state index contributed by atoms with van der Waals surface area (Å²) in [6, 6.07) is 13.3. The number of aryl methyl sites for hydroxylation is 1. The summed E-state index contributed by atoms with van der Waals surface area (Å²) < 4.78 is 0. The van der Waals surface area contributed by atoms with Crippen molar-refractivity contribution in [3.63, 3.8) is 0 Å². The van der Waals surface area contributed by atoms with Crippen LogP contribution in [0.2, 0.25) is 0 Å². The summed E-state index contributed by atoms with van der Waals surface area (Å²) in [5.41, 5.74) is 9.95. The van der Waals surface area contributed by atoms with E-state index in [0.29, 0.717) is 0 Å². The van der Waals surface area contributed by atoms with E-state index < -0.39 is 0 Å². The Hall–Kier alpha value is -1.82. The van der Waals surface area contributed by atoms with E-state index in [1.54, 1.807) is 0 Å². The summed E-state index contributed by atoms with van der Waals surface area (Å²) >= 11 is 0. The van der Waals surface area contributed by atoms with Crippen LogP contribution in [-0.2, 0) is 6.42 Å². The second-order valence-corrected chi connectivity index (χ2v) is 5.38. The molecule has 18 heavy (non-hydrogen) atoms. The number of hydrogen-bond donors (Lipinski definition) is 0. The van der Waals surface area contributed by atoms with Crippen LogP contribution in [0.15, 0.2) is 42.0 Å². The molecule has 3 rings (SSSR count). The summed E-state index contributed by atoms with van der Waals surface area (Å²) in [6.07, 6.45) is 3.40. The molecule has 0 amide bonds. The van der Waals surface area contributed by atoms with Gasteiger partial charge in [0.1, 0.15) is 0 Å². The first-order chi connectivity index (χ1) is 8.66. The molecule has 0 heterocycles. The Morgan fingerprint density at radius 1 is 1.00 bits per heavy atom. The van der Waals surface area contributed by atoms with Gasteiger partial charge >= 0.3 is 0 Å². The van der Waals surface area contributed by atoms with Crippen molar-refractivity contribution in [2.75, 3.05) is 0 Å². The normalized spacial score (nSPS) is 11.9. The molecule has 0 bridgehead atoms. The third-order valence-corrected chi connectivity index (χ3v) is 3.68. The minimum absolute atomic E-state index is 1.08. The average molecular weight is 234 g/mol. The molecule has 0 saturated heterocycles. The lowest BCUT2D eigenvalue weighted by molar-refractivity contribution is 1.23. The fourth-order valence-corrected chi connectivity index (χ4v) is 2.84. The maximum Gasteiger partial charge on any atom is -0.000740 e. The van der Waals surface area contributed by atoms with Crippen LogP contribution < -0.4 is 0 Å². The summed E-state index contributed by atoms with van der Waals surface area (Å²) in [6.45, 7) is 6.54. The topological polar surface area (TPSA) is 0 Å². The summed E-state index contributed by atoms with van der Waals surface area (Å²) in [7, 11) is 0. The molecular weight excluding hydrogens is 216 g/mol. The molecule has 2 aromatic carbocycles. The Labute approximate surface area is 109 Å². The van der Waals surface area contributed by atoms with Gasteiger partial charge in [-0.05, 0) is 60.6 Å². The zero-order chi connectivity index (χ0) is 12.7. The molecular formula is C18H18. The van der Waals surface area contributed by atoms with Crippen molar-refractivity contribution in [2.45, 2.75) is 27.2 Å². The van der Waals surface area contributed by atoms with Crippen molar-refractivity contribution >= 4 is 6.08 Å². The lowest BCUT2D eigenvalue weighted by Gasteiger charge is -2.09. The van der Waals surface area contributed by atoms with Gasteiger partial charge in [-0.15, -0.1) is 0 Å². The summed E-state index contributed by atoms with van der Waals surface area (Å²) in [5, 5.41) is 0. The van der Waals surface area contributed by atoms with Crippen molar-refractivity contribution in [3.05, 3.63) is 64.2 Å². The van der Waals surface area contributed by atoms with Crippen LogP contribution in [-0.4, -0.2) is 0 Å². The third kappa shape index (κ3) is 1.69. The SMILES string of the molecule is CC(C)=Cc1c(C)ccc2c1Cc1ccccc1-2. The highest BCUT2D eigenvalue weighted by molar-refractivity contribution is 5.81. The fourth-order valence-electron chi connectivity index (χ4n) is 2.84. The van der Waals surface area contributed by atoms with E-state index in [4.69, 9.17) is 0 Å². The van der Waals surface area contributed by atoms with Gasteiger partial charge < -0.3 is 0 Å². The highest BCUT2D eigenvalue weighted by Gasteiger charge is 2.20. The fraction of sp³-hybridized carbons (Fsp3) is 0.222. The second kappa shape index (κ2) is 4.13. The molecule has 0 fully saturated rings. The van der Waals surface area contributed by atoms with Gasteiger partial charge in [-0.25, -0.2) is 0 Å². The number of allylic oxidation sites excluding steroid dienone is 1. The molecule has 0 atom stereocenters. The highest BCUT2D eigenvalue weighted by atomic mass is 14.2. The van der Waals surface area contributed by atoms with Gasteiger partial charge in [0.05, 0.1) is 0 Å². The molecule has 90 valence electrons. The van der Waals surface area contributed by atoms with Crippen molar-refractivity contribution < 1.29 is 0 Å². The Balaban J connectivity index is 2.25. The molecule has 0 unspecified atom stereocenters. The molecule has 0 spiro atoms. The van der Waals surface area contributed by atoms with Crippen LogP contribution in [0.1, 0.15) is 36.1 Å². The van der Waals surface area contributed by atoms with E-state index in [9.17, 15) is 0 Å². The quantitative estimate of drug-likeness (QED) is 0.556. The van der Waals surface area contributed by atoms with Crippen molar-refractivity contribution in [1.29, 1.82) is 0 Å². The standard InChI is InChI=1S/C18H18/c1-12(2)10-17-13(3)8-9-16-15-7-5-4-6-14(15)11-18(16)17/h4-10H,11H2,1-3H3. The first-order valence-electron chi connectivity index (χ1n) is 6.52. The van der Waals surface area contributed by atoms with E-state index in [1.807, 2.05) is 0 Å². The van der Waals surface area contributed by atoms with Gasteiger partial charge in [-0.1, -0.05) is 48.0 Å². The predicted molar refractivity (Wildman–Crippen MR) is 78.7 cm³/mol. The van der Waals surface area contributed by atoms with Crippen LogP contribution in [0.25, 0.3) is 17.2 Å². The van der Waals surface area contributed by atoms with E-state index in [1.165, 1.54) is 39.0 Å². The minimum atomic E-state index is 1.08. The van der Waals surface area contributed by atoms with Gasteiger partial charge in [0, 0.05) is 0 Å². The summed E-state index contributed by atoms with van der Waals surface area (Å²) in [5.74, 6) is 0. The number of fused-ring (bicyclic) bond motifs is 3. The lowest BCUT2D eigenvalue weighted by atomic mass is 9.95. The Bertz CT molecular complexity index is 641. The summed E-state index contributed by atoms with van der Waals surface area (Å²) in [4.78, 5) is 0. The minimum Gasteiger partial charge on any atom is -0.0758 e. The lowest BCUT2D eigenvalue weighted by Crippen LogP contribution is -1.91. The van der Waals surface area contributed by atoms with Gasteiger partial charge in [-0.3, -0.25) is 0 Å². The van der Waals surface area contributed by atoms with Crippen LogP contribution >= 0.6 is 0 Å². The van der Waals surface area contributed by atoms with Crippen LogP contribution in [0.4, 0.5) is 0 Å². The zero-order valence-electron chi connectivity index (χ0n) is 11.2. The Kier molecular flexibility index (Phi) is 2.59. The predicted octanol–water partition coefficient (Wildman–Crippen LogP) is 4.99. The molecule has 0 heteroatoms. The van der Waals surface area contributed by atoms with E-state index in [0.717, 1.165) is 6.42 Å². The van der Waals surface area contributed by atoms with E-state index in [2.05, 4.69) is 63.2 Å². The Morgan fingerprint density at radius 2 is 1.78 bits per heavy atom. The maximum atomic E-state index is 2.32. The van der Waals surface area contributed by atoms with E-state index >= 15 is 0 Å². The molecule has 0 saturated carbocycles. The maximum absolute atomic E-state index is 2.32. The molecule has 1 aliphatic carbocycles. The van der Waals surface area contributed by atoms with Crippen LogP contribution in [0.3, 0.4) is 0 Å². The average Bonchev–Trinajstić information content (AvgIpc) is 2.71. The molecule has 1 aliphatic rings. The number of hydrogen-bond acceptors (Lipinski definition) is 0. The van der Waals surface area contributed by atoms with Gasteiger partial charge in [0.25, 0.3) is 0 Å². The zero-order valence-corrected chi connectivity index (χ0v) is 11.2.